The SMILES string of the molecule is Cc1cc(Cl)ccc1OCC(=O)N1CCC(C(=O)N2CCOCC2)CC1. The maximum atomic E-state index is 12.5. The molecule has 0 bridgehead atoms. The molecule has 7 heteroatoms. The van der Waals surface area contributed by atoms with Crippen LogP contribution in [0.15, 0.2) is 18.2 Å². The minimum Gasteiger partial charge on any atom is -0.483 e. The molecule has 2 aliphatic heterocycles. The van der Waals surface area contributed by atoms with E-state index in [2.05, 4.69) is 0 Å². The fourth-order valence-electron chi connectivity index (χ4n) is 3.42. The van der Waals surface area contributed by atoms with Crippen LogP contribution < -0.4 is 4.74 Å². The second kappa shape index (κ2) is 8.73. The van der Waals surface area contributed by atoms with Crippen molar-refractivity contribution in [2.45, 2.75) is 19.8 Å². The average molecular weight is 381 g/mol. The Bertz CT molecular complexity index is 653. The summed E-state index contributed by atoms with van der Waals surface area (Å²) in [4.78, 5) is 28.6. The fraction of sp³-hybridized carbons (Fsp3) is 0.579. The highest BCUT2D eigenvalue weighted by Gasteiger charge is 2.30. The van der Waals surface area contributed by atoms with Gasteiger partial charge in [-0.1, -0.05) is 11.6 Å². The zero-order chi connectivity index (χ0) is 18.5. The van der Waals surface area contributed by atoms with Gasteiger partial charge in [-0.15, -0.1) is 0 Å². The van der Waals surface area contributed by atoms with Crippen molar-refractivity contribution in [3.05, 3.63) is 28.8 Å². The van der Waals surface area contributed by atoms with Crippen molar-refractivity contribution in [1.82, 2.24) is 9.80 Å². The largest absolute Gasteiger partial charge is 0.483 e. The minimum absolute atomic E-state index is 0.00451. The van der Waals surface area contributed by atoms with Gasteiger partial charge in [0.15, 0.2) is 6.61 Å². The van der Waals surface area contributed by atoms with Crippen LogP contribution in [0.2, 0.25) is 5.02 Å². The Morgan fingerprint density at radius 1 is 1.15 bits per heavy atom. The number of nitrogens with zero attached hydrogens (tertiary/aromatic N) is 2. The molecular formula is C19H25ClN2O4. The molecule has 2 amide bonds. The van der Waals surface area contributed by atoms with Gasteiger partial charge >= 0.3 is 0 Å². The monoisotopic (exact) mass is 380 g/mol. The number of benzene rings is 1. The van der Waals surface area contributed by atoms with Crippen LogP contribution in [0, 0.1) is 12.8 Å². The zero-order valence-corrected chi connectivity index (χ0v) is 15.8. The van der Waals surface area contributed by atoms with E-state index in [0.717, 1.165) is 5.56 Å². The number of ether oxygens (including phenoxy) is 2. The summed E-state index contributed by atoms with van der Waals surface area (Å²) >= 11 is 5.93. The lowest BCUT2D eigenvalue weighted by Crippen LogP contribution is -2.48. The molecule has 2 fully saturated rings. The first-order chi connectivity index (χ1) is 12.5. The molecule has 6 nitrogen and oxygen atoms in total. The molecule has 2 heterocycles. The molecule has 2 aliphatic rings. The molecule has 0 spiro atoms. The van der Waals surface area contributed by atoms with E-state index in [1.165, 1.54) is 0 Å². The lowest BCUT2D eigenvalue weighted by Gasteiger charge is -2.35. The second-order valence-corrected chi connectivity index (χ2v) is 7.23. The van der Waals surface area contributed by atoms with Crippen molar-refractivity contribution in [3.63, 3.8) is 0 Å². The van der Waals surface area contributed by atoms with E-state index in [0.29, 0.717) is 63.0 Å². The molecule has 3 rings (SSSR count). The number of aryl methyl sites for hydroxylation is 1. The number of hydrogen-bond donors (Lipinski definition) is 0. The Kier molecular flexibility index (Phi) is 6.38. The molecule has 2 saturated heterocycles. The van der Waals surface area contributed by atoms with Gasteiger partial charge in [0, 0.05) is 37.1 Å². The van der Waals surface area contributed by atoms with Crippen LogP contribution in [0.5, 0.6) is 5.75 Å². The highest BCUT2D eigenvalue weighted by Crippen LogP contribution is 2.23. The van der Waals surface area contributed by atoms with Crippen LogP contribution in [0.25, 0.3) is 0 Å². The summed E-state index contributed by atoms with van der Waals surface area (Å²) in [7, 11) is 0. The fourth-order valence-corrected chi connectivity index (χ4v) is 3.65. The summed E-state index contributed by atoms with van der Waals surface area (Å²) in [5.74, 6) is 0.835. The van der Waals surface area contributed by atoms with Crippen molar-refractivity contribution in [2.24, 2.45) is 5.92 Å². The predicted octanol–water partition coefficient (Wildman–Crippen LogP) is 2.12. The van der Waals surface area contributed by atoms with E-state index in [1.54, 1.807) is 17.0 Å². The Balaban J connectivity index is 1.45. The van der Waals surface area contributed by atoms with Gasteiger partial charge in [-0.05, 0) is 43.5 Å². The third-order valence-corrected chi connectivity index (χ3v) is 5.24. The molecule has 0 aromatic heterocycles. The van der Waals surface area contributed by atoms with Crippen LogP contribution in [-0.4, -0.2) is 67.6 Å². The third kappa shape index (κ3) is 4.68. The number of halogens is 1. The van der Waals surface area contributed by atoms with Gasteiger partial charge in [0.05, 0.1) is 13.2 Å². The number of amides is 2. The highest BCUT2D eigenvalue weighted by atomic mass is 35.5. The minimum atomic E-state index is -0.0448. The number of carbonyl (C=O) groups excluding carboxylic acids is 2. The van der Waals surface area contributed by atoms with E-state index in [1.807, 2.05) is 17.9 Å². The summed E-state index contributed by atoms with van der Waals surface area (Å²) in [6, 6.07) is 5.33. The molecule has 0 saturated carbocycles. The molecule has 142 valence electrons. The number of piperidine rings is 1. The Hall–Kier alpha value is -1.79. The third-order valence-electron chi connectivity index (χ3n) is 5.01. The van der Waals surface area contributed by atoms with Crippen molar-refractivity contribution < 1.29 is 19.1 Å². The van der Waals surface area contributed by atoms with Gasteiger partial charge < -0.3 is 19.3 Å². The molecule has 0 unspecified atom stereocenters. The van der Waals surface area contributed by atoms with Gasteiger partial charge in [-0.25, -0.2) is 0 Å². The number of morpholine rings is 1. The number of hydrogen-bond acceptors (Lipinski definition) is 4. The number of rotatable bonds is 4. The van der Waals surface area contributed by atoms with Crippen LogP contribution in [0.3, 0.4) is 0 Å². The standard InChI is InChI=1S/C19H25ClN2O4/c1-14-12-16(20)2-3-17(14)26-13-18(23)21-6-4-15(5-7-21)19(24)22-8-10-25-11-9-22/h2-3,12,15H,4-11,13H2,1H3. The summed E-state index contributed by atoms with van der Waals surface area (Å²) < 4.78 is 10.9. The van der Waals surface area contributed by atoms with Crippen molar-refractivity contribution >= 4 is 23.4 Å². The number of likely N-dealkylation sites (tertiary alicyclic amines) is 1. The number of carbonyl (C=O) groups is 2. The predicted molar refractivity (Wildman–Crippen MR) is 98.4 cm³/mol. The van der Waals surface area contributed by atoms with Crippen LogP contribution in [0.4, 0.5) is 0 Å². The first-order valence-electron chi connectivity index (χ1n) is 9.08. The van der Waals surface area contributed by atoms with Gasteiger partial charge in [-0.3, -0.25) is 9.59 Å². The molecule has 0 atom stereocenters. The van der Waals surface area contributed by atoms with Crippen molar-refractivity contribution in [3.8, 4) is 5.75 Å². The molecule has 0 N–H and O–H groups in total. The first kappa shape index (κ1) is 19.0. The first-order valence-corrected chi connectivity index (χ1v) is 9.45. The maximum absolute atomic E-state index is 12.5. The van der Waals surface area contributed by atoms with E-state index in [4.69, 9.17) is 21.1 Å². The molecule has 1 aromatic rings. The van der Waals surface area contributed by atoms with Crippen molar-refractivity contribution in [1.29, 1.82) is 0 Å². The Morgan fingerprint density at radius 3 is 2.50 bits per heavy atom. The quantitative estimate of drug-likeness (QED) is 0.802. The lowest BCUT2D eigenvalue weighted by molar-refractivity contribution is -0.144. The highest BCUT2D eigenvalue weighted by molar-refractivity contribution is 6.30. The van der Waals surface area contributed by atoms with E-state index < -0.39 is 0 Å². The molecular weight excluding hydrogens is 356 g/mol. The normalized spacial score (nSPS) is 18.7. The van der Waals surface area contributed by atoms with Crippen LogP contribution in [-0.2, 0) is 14.3 Å². The molecule has 1 aromatic carbocycles. The lowest BCUT2D eigenvalue weighted by atomic mass is 9.95. The Labute approximate surface area is 159 Å². The zero-order valence-electron chi connectivity index (χ0n) is 15.1. The molecule has 0 aliphatic carbocycles. The molecule has 26 heavy (non-hydrogen) atoms. The Morgan fingerprint density at radius 2 is 1.85 bits per heavy atom. The maximum Gasteiger partial charge on any atom is 0.260 e. The van der Waals surface area contributed by atoms with E-state index in [9.17, 15) is 9.59 Å². The van der Waals surface area contributed by atoms with Crippen LogP contribution >= 0.6 is 11.6 Å². The van der Waals surface area contributed by atoms with E-state index >= 15 is 0 Å². The summed E-state index contributed by atoms with van der Waals surface area (Å²) in [5, 5.41) is 0.646. The summed E-state index contributed by atoms with van der Waals surface area (Å²) in [6.07, 6.45) is 1.42. The summed E-state index contributed by atoms with van der Waals surface area (Å²) in [6.45, 7) is 5.68. The second-order valence-electron chi connectivity index (χ2n) is 6.79. The van der Waals surface area contributed by atoms with Gasteiger partial charge in [-0.2, -0.15) is 0 Å². The van der Waals surface area contributed by atoms with Crippen molar-refractivity contribution in [2.75, 3.05) is 46.0 Å². The van der Waals surface area contributed by atoms with Gasteiger partial charge in [0.1, 0.15) is 5.75 Å². The van der Waals surface area contributed by atoms with Gasteiger partial charge in [0.2, 0.25) is 5.91 Å². The smallest absolute Gasteiger partial charge is 0.260 e. The summed E-state index contributed by atoms with van der Waals surface area (Å²) in [5.41, 5.74) is 0.903. The topological polar surface area (TPSA) is 59.1 Å². The molecule has 0 radical (unpaired) electrons. The average Bonchev–Trinajstić information content (AvgIpc) is 2.67. The van der Waals surface area contributed by atoms with Gasteiger partial charge in [0.25, 0.3) is 5.91 Å². The van der Waals surface area contributed by atoms with E-state index in [-0.39, 0.29) is 24.3 Å². The van der Waals surface area contributed by atoms with Crippen LogP contribution in [0.1, 0.15) is 18.4 Å².